The van der Waals surface area contributed by atoms with E-state index in [2.05, 4.69) is 36.4 Å². The van der Waals surface area contributed by atoms with E-state index in [0.29, 0.717) is 12.1 Å². The van der Waals surface area contributed by atoms with Gasteiger partial charge in [0.25, 0.3) is 0 Å². The molecule has 5 nitrogen and oxygen atoms in total. The average molecular weight is 342 g/mol. The first-order valence-electron chi connectivity index (χ1n) is 10.0. The molecule has 5 heteroatoms. The zero-order chi connectivity index (χ0) is 17.5. The molecule has 0 amide bonds. The van der Waals surface area contributed by atoms with E-state index in [0.717, 1.165) is 58.1 Å². The molecule has 0 aromatic heterocycles. The summed E-state index contributed by atoms with van der Waals surface area (Å²) in [5, 5.41) is 6.85. The molecule has 24 heavy (non-hydrogen) atoms. The summed E-state index contributed by atoms with van der Waals surface area (Å²) in [6.07, 6.45) is 9.88. The minimum atomic E-state index is 0.386. The maximum atomic E-state index is 5.89. The fraction of sp³-hybridized carbons (Fsp3) is 0.947. The highest BCUT2D eigenvalue weighted by molar-refractivity contribution is 5.79. The van der Waals surface area contributed by atoms with Gasteiger partial charge in [0.05, 0.1) is 6.10 Å². The lowest BCUT2D eigenvalue weighted by atomic mass is 10.1. The molecule has 1 rings (SSSR count). The van der Waals surface area contributed by atoms with Crippen LogP contribution in [0.3, 0.4) is 0 Å². The van der Waals surface area contributed by atoms with Gasteiger partial charge in [0, 0.05) is 39.0 Å². The average Bonchev–Trinajstić information content (AvgIpc) is 2.59. The van der Waals surface area contributed by atoms with E-state index in [1.54, 1.807) is 0 Å². The molecule has 142 valence electrons. The van der Waals surface area contributed by atoms with Gasteiger partial charge >= 0.3 is 0 Å². The third-order valence-corrected chi connectivity index (χ3v) is 4.31. The molecule has 1 saturated heterocycles. The fourth-order valence-corrected chi connectivity index (χ4v) is 2.85. The van der Waals surface area contributed by atoms with Gasteiger partial charge in [-0.2, -0.15) is 0 Å². The maximum absolute atomic E-state index is 5.89. The molecule has 2 N–H and O–H groups in total. The summed E-state index contributed by atoms with van der Waals surface area (Å²) in [7, 11) is 0. The summed E-state index contributed by atoms with van der Waals surface area (Å²) >= 11 is 0. The van der Waals surface area contributed by atoms with Crippen LogP contribution in [0.2, 0.25) is 0 Å². The van der Waals surface area contributed by atoms with Crippen molar-refractivity contribution >= 4 is 5.96 Å². The zero-order valence-corrected chi connectivity index (χ0v) is 16.1. The van der Waals surface area contributed by atoms with Crippen molar-refractivity contribution < 1.29 is 9.47 Å². The van der Waals surface area contributed by atoms with Crippen LogP contribution in [0.4, 0.5) is 0 Å². The Morgan fingerprint density at radius 1 is 1.17 bits per heavy atom. The third-order valence-electron chi connectivity index (χ3n) is 4.31. The molecule has 1 unspecified atom stereocenters. The van der Waals surface area contributed by atoms with E-state index in [1.165, 1.54) is 32.1 Å². The molecule has 0 aliphatic carbocycles. The number of rotatable bonds is 12. The van der Waals surface area contributed by atoms with Crippen LogP contribution in [0.5, 0.6) is 0 Å². The molecule has 1 aliphatic rings. The number of aliphatic imine (C=N–C) groups is 1. The first-order valence-corrected chi connectivity index (χ1v) is 10.0. The number of hydrogen-bond acceptors (Lipinski definition) is 3. The first kappa shape index (κ1) is 21.2. The number of hydrogen-bond donors (Lipinski definition) is 2. The van der Waals surface area contributed by atoms with Crippen LogP contribution in [0.15, 0.2) is 4.99 Å². The van der Waals surface area contributed by atoms with Crippen LogP contribution in [-0.4, -0.2) is 51.0 Å². The Morgan fingerprint density at radius 2 is 1.96 bits per heavy atom. The van der Waals surface area contributed by atoms with Crippen LogP contribution in [0.25, 0.3) is 0 Å². The molecule has 1 atom stereocenters. The van der Waals surface area contributed by atoms with Crippen LogP contribution in [-0.2, 0) is 9.47 Å². The molecule has 1 heterocycles. The van der Waals surface area contributed by atoms with E-state index in [4.69, 9.17) is 9.47 Å². The van der Waals surface area contributed by atoms with Gasteiger partial charge < -0.3 is 20.1 Å². The minimum absolute atomic E-state index is 0.386. The van der Waals surface area contributed by atoms with Gasteiger partial charge in [-0.25, -0.2) is 0 Å². The molecule has 0 saturated carbocycles. The van der Waals surface area contributed by atoms with Crippen molar-refractivity contribution in [2.75, 3.05) is 32.9 Å². The van der Waals surface area contributed by atoms with Crippen LogP contribution in [0.1, 0.15) is 72.1 Å². The van der Waals surface area contributed by atoms with Gasteiger partial charge in [-0.3, -0.25) is 4.99 Å². The molecule has 1 aliphatic heterocycles. The standard InChI is InChI=1S/C19H39N3O2/c1-4-6-7-8-10-17(3)22-19(20-5-2)21-13-9-14-24-18-11-15-23-16-12-18/h17-18H,4-16H2,1-3H3,(H2,20,21,22). The summed E-state index contributed by atoms with van der Waals surface area (Å²) in [4.78, 5) is 4.67. The van der Waals surface area contributed by atoms with Gasteiger partial charge in [0.2, 0.25) is 0 Å². The molecular weight excluding hydrogens is 302 g/mol. The second-order valence-electron chi connectivity index (χ2n) is 6.69. The van der Waals surface area contributed by atoms with Gasteiger partial charge in [-0.15, -0.1) is 0 Å². The summed E-state index contributed by atoms with van der Waals surface area (Å²) in [5.41, 5.74) is 0. The van der Waals surface area contributed by atoms with Gasteiger partial charge in [0.1, 0.15) is 0 Å². The van der Waals surface area contributed by atoms with Crippen molar-refractivity contribution in [1.82, 2.24) is 10.6 Å². The van der Waals surface area contributed by atoms with Crippen molar-refractivity contribution in [3.05, 3.63) is 0 Å². The van der Waals surface area contributed by atoms with Crippen LogP contribution < -0.4 is 10.6 Å². The molecule has 0 spiro atoms. The number of nitrogens with one attached hydrogen (secondary N) is 2. The van der Waals surface area contributed by atoms with Crippen LogP contribution >= 0.6 is 0 Å². The molecule has 0 aromatic rings. The Kier molecular flexibility index (Phi) is 12.9. The molecule has 0 radical (unpaired) electrons. The Hall–Kier alpha value is -0.810. The maximum Gasteiger partial charge on any atom is 0.191 e. The summed E-state index contributed by atoms with van der Waals surface area (Å²) in [6.45, 7) is 10.8. The second-order valence-corrected chi connectivity index (χ2v) is 6.69. The Morgan fingerprint density at radius 3 is 2.67 bits per heavy atom. The van der Waals surface area contributed by atoms with E-state index in [1.807, 2.05) is 0 Å². The Balaban J connectivity index is 2.15. The quantitative estimate of drug-likeness (QED) is 0.324. The van der Waals surface area contributed by atoms with Crippen LogP contribution in [0, 0.1) is 0 Å². The summed E-state index contributed by atoms with van der Waals surface area (Å²) < 4.78 is 11.2. The number of unbranched alkanes of at least 4 members (excludes halogenated alkanes) is 3. The third kappa shape index (κ3) is 10.9. The normalized spacial score (nSPS) is 17.7. The highest BCUT2D eigenvalue weighted by atomic mass is 16.5. The minimum Gasteiger partial charge on any atom is -0.381 e. The summed E-state index contributed by atoms with van der Waals surface area (Å²) in [5.74, 6) is 0.937. The van der Waals surface area contributed by atoms with Crippen molar-refractivity contribution in [2.45, 2.75) is 84.3 Å². The number of nitrogens with zero attached hydrogens (tertiary/aromatic N) is 1. The van der Waals surface area contributed by atoms with Gasteiger partial charge in [-0.05, 0) is 39.5 Å². The highest BCUT2D eigenvalue weighted by Crippen LogP contribution is 2.10. The lowest BCUT2D eigenvalue weighted by molar-refractivity contribution is -0.0318. The number of guanidine groups is 1. The number of ether oxygens (including phenoxy) is 2. The fourth-order valence-electron chi connectivity index (χ4n) is 2.85. The lowest BCUT2D eigenvalue weighted by Crippen LogP contribution is -2.42. The van der Waals surface area contributed by atoms with Crippen molar-refractivity contribution in [2.24, 2.45) is 4.99 Å². The topological polar surface area (TPSA) is 54.9 Å². The van der Waals surface area contributed by atoms with Gasteiger partial charge in [-0.1, -0.05) is 32.6 Å². The van der Waals surface area contributed by atoms with Gasteiger partial charge in [0.15, 0.2) is 5.96 Å². The molecular formula is C19H39N3O2. The van der Waals surface area contributed by atoms with Crippen molar-refractivity contribution in [3.63, 3.8) is 0 Å². The lowest BCUT2D eigenvalue weighted by Gasteiger charge is -2.22. The molecule has 0 bridgehead atoms. The SMILES string of the molecule is CCCCCCC(C)NC(=NCCCOC1CCOCC1)NCC. The Labute approximate surface area is 149 Å². The van der Waals surface area contributed by atoms with Crippen molar-refractivity contribution in [1.29, 1.82) is 0 Å². The first-order chi connectivity index (χ1) is 11.8. The van der Waals surface area contributed by atoms with E-state index in [9.17, 15) is 0 Å². The zero-order valence-electron chi connectivity index (χ0n) is 16.1. The largest absolute Gasteiger partial charge is 0.381 e. The van der Waals surface area contributed by atoms with E-state index in [-0.39, 0.29) is 0 Å². The highest BCUT2D eigenvalue weighted by Gasteiger charge is 2.13. The predicted octanol–water partition coefficient (Wildman–Crippen LogP) is 3.49. The molecule has 0 aromatic carbocycles. The van der Waals surface area contributed by atoms with E-state index < -0.39 is 0 Å². The molecule has 1 fully saturated rings. The van der Waals surface area contributed by atoms with E-state index >= 15 is 0 Å². The summed E-state index contributed by atoms with van der Waals surface area (Å²) in [6, 6.07) is 0.471. The smallest absolute Gasteiger partial charge is 0.191 e. The predicted molar refractivity (Wildman–Crippen MR) is 102 cm³/mol. The Bertz CT molecular complexity index is 318. The second kappa shape index (κ2) is 14.5. The monoisotopic (exact) mass is 341 g/mol. The van der Waals surface area contributed by atoms with Crippen molar-refractivity contribution in [3.8, 4) is 0 Å².